The molecule has 29 heavy (non-hydrogen) atoms. The van der Waals surface area contributed by atoms with Crippen LogP contribution < -0.4 is 5.32 Å². The average Bonchev–Trinajstić information content (AvgIpc) is 3.40. The summed E-state index contributed by atoms with van der Waals surface area (Å²) in [6, 6.07) is 14.0. The second kappa shape index (κ2) is 8.53. The minimum Gasteiger partial charge on any atom is -0.326 e. The molecule has 1 aliphatic heterocycles. The van der Waals surface area contributed by atoms with Crippen molar-refractivity contribution in [1.82, 2.24) is 9.88 Å². The van der Waals surface area contributed by atoms with Crippen molar-refractivity contribution < 1.29 is 9.59 Å². The van der Waals surface area contributed by atoms with Gasteiger partial charge in [0.2, 0.25) is 5.91 Å². The normalized spacial score (nSPS) is 16.1. The Morgan fingerprint density at radius 2 is 1.93 bits per heavy atom. The molecule has 1 unspecified atom stereocenters. The van der Waals surface area contributed by atoms with Crippen LogP contribution in [-0.4, -0.2) is 34.3 Å². The second-order valence-corrected chi connectivity index (χ2v) is 8.54. The fourth-order valence-corrected chi connectivity index (χ4v) is 4.65. The lowest BCUT2D eigenvalue weighted by molar-refractivity contribution is -0.119. The highest BCUT2D eigenvalue weighted by molar-refractivity contribution is 7.16. The van der Waals surface area contributed by atoms with Crippen molar-refractivity contribution in [2.24, 2.45) is 0 Å². The van der Waals surface area contributed by atoms with Gasteiger partial charge < -0.3 is 10.2 Å². The van der Waals surface area contributed by atoms with E-state index in [-0.39, 0.29) is 11.8 Å². The van der Waals surface area contributed by atoms with Crippen molar-refractivity contribution in [2.45, 2.75) is 18.9 Å². The Morgan fingerprint density at radius 1 is 1.14 bits per heavy atom. The van der Waals surface area contributed by atoms with Crippen LogP contribution in [0.2, 0.25) is 10.0 Å². The zero-order valence-corrected chi connectivity index (χ0v) is 17.6. The summed E-state index contributed by atoms with van der Waals surface area (Å²) in [4.78, 5) is 32.4. The minimum atomic E-state index is -0.545. The van der Waals surface area contributed by atoms with Crippen molar-refractivity contribution in [3.63, 3.8) is 0 Å². The number of carbonyl (C=O) groups excluding carboxylic acids is 2. The van der Waals surface area contributed by atoms with Crippen molar-refractivity contribution >= 4 is 52.0 Å². The maximum Gasteiger partial charge on any atom is 0.266 e. The molecule has 2 amide bonds. The Morgan fingerprint density at radius 3 is 2.69 bits per heavy atom. The topological polar surface area (TPSA) is 62.3 Å². The summed E-state index contributed by atoms with van der Waals surface area (Å²) in [7, 11) is 0. The molecule has 0 radical (unpaired) electrons. The molecule has 0 saturated carbocycles. The van der Waals surface area contributed by atoms with E-state index in [0.717, 1.165) is 17.0 Å². The summed E-state index contributed by atoms with van der Waals surface area (Å²) in [6.07, 6.45) is 2.95. The largest absolute Gasteiger partial charge is 0.326 e. The van der Waals surface area contributed by atoms with Crippen molar-refractivity contribution in [3.05, 3.63) is 69.7 Å². The maximum absolute atomic E-state index is 13.0. The van der Waals surface area contributed by atoms with E-state index in [1.165, 1.54) is 11.3 Å². The quantitative estimate of drug-likeness (QED) is 0.587. The summed E-state index contributed by atoms with van der Waals surface area (Å²) >= 11 is 13.4. The monoisotopic (exact) mass is 445 g/mol. The zero-order valence-electron chi connectivity index (χ0n) is 15.3. The fourth-order valence-electron chi connectivity index (χ4n) is 3.32. The molecular weight excluding hydrogens is 429 g/mol. The number of carbonyl (C=O) groups is 2. The number of likely N-dealkylation sites (tertiary alicyclic amines) is 1. The van der Waals surface area contributed by atoms with Crippen LogP contribution in [0, 0.1) is 0 Å². The van der Waals surface area contributed by atoms with Gasteiger partial charge >= 0.3 is 0 Å². The van der Waals surface area contributed by atoms with E-state index < -0.39 is 6.04 Å². The van der Waals surface area contributed by atoms with Gasteiger partial charge in [0.15, 0.2) is 0 Å². The molecule has 1 aliphatic rings. The number of nitrogens with zero attached hydrogens (tertiary/aromatic N) is 2. The number of amides is 2. The molecule has 4 rings (SSSR count). The molecule has 1 fully saturated rings. The SMILES string of the molecule is O=C(Nc1ccc(Cl)cc1Cl)C1CCCN1C(=O)c1cnc(-c2ccccc2)s1. The van der Waals surface area contributed by atoms with Crippen LogP contribution in [0.5, 0.6) is 0 Å². The van der Waals surface area contributed by atoms with E-state index in [4.69, 9.17) is 23.2 Å². The summed E-state index contributed by atoms with van der Waals surface area (Å²) < 4.78 is 0. The number of benzene rings is 2. The van der Waals surface area contributed by atoms with E-state index in [2.05, 4.69) is 10.3 Å². The number of nitrogens with one attached hydrogen (secondary N) is 1. The molecule has 148 valence electrons. The summed E-state index contributed by atoms with van der Waals surface area (Å²) in [6.45, 7) is 0.532. The number of thiazole rings is 1. The Bertz CT molecular complexity index is 1060. The van der Waals surface area contributed by atoms with Gasteiger partial charge in [-0.05, 0) is 31.0 Å². The number of halogens is 2. The molecule has 0 bridgehead atoms. The minimum absolute atomic E-state index is 0.176. The van der Waals surface area contributed by atoms with Gasteiger partial charge in [0.05, 0.1) is 16.9 Å². The van der Waals surface area contributed by atoms with Crippen LogP contribution in [0.25, 0.3) is 10.6 Å². The lowest BCUT2D eigenvalue weighted by Gasteiger charge is -2.23. The number of anilines is 1. The third-order valence-electron chi connectivity index (χ3n) is 4.74. The van der Waals surface area contributed by atoms with Crippen molar-refractivity contribution in [1.29, 1.82) is 0 Å². The van der Waals surface area contributed by atoms with E-state index in [1.54, 1.807) is 29.3 Å². The van der Waals surface area contributed by atoms with Gasteiger partial charge in [-0.15, -0.1) is 11.3 Å². The first-order valence-corrected chi connectivity index (χ1v) is 10.7. The number of hydrogen-bond acceptors (Lipinski definition) is 4. The van der Waals surface area contributed by atoms with Gasteiger partial charge in [0, 0.05) is 17.1 Å². The molecule has 2 aromatic carbocycles. The van der Waals surface area contributed by atoms with Crippen LogP contribution in [0.15, 0.2) is 54.7 Å². The van der Waals surface area contributed by atoms with Crippen LogP contribution in [0.1, 0.15) is 22.5 Å². The van der Waals surface area contributed by atoms with Gasteiger partial charge in [-0.2, -0.15) is 0 Å². The summed E-state index contributed by atoms with van der Waals surface area (Å²) in [5.41, 5.74) is 1.44. The average molecular weight is 446 g/mol. The van der Waals surface area contributed by atoms with Crippen LogP contribution >= 0.6 is 34.5 Å². The van der Waals surface area contributed by atoms with Crippen LogP contribution in [0.3, 0.4) is 0 Å². The number of hydrogen-bond donors (Lipinski definition) is 1. The predicted octanol–water partition coefficient (Wildman–Crippen LogP) is 5.36. The predicted molar refractivity (Wildman–Crippen MR) is 117 cm³/mol. The fraction of sp³-hybridized carbons (Fsp3) is 0.190. The second-order valence-electron chi connectivity index (χ2n) is 6.67. The van der Waals surface area contributed by atoms with E-state index in [1.807, 2.05) is 30.3 Å². The van der Waals surface area contributed by atoms with Gasteiger partial charge in [0.1, 0.15) is 15.9 Å². The molecule has 3 aromatic rings. The first-order valence-electron chi connectivity index (χ1n) is 9.11. The van der Waals surface area contributed by atoms with Gasteiger partial charge in [-0.25, -0.2) is 4.98 Å². The lowest BCUT2D eigenvalue weighted by atomic mass is 10.2. The molecule has 1 atom stereocenters. The lowest BCUT2D eigenvalue weighted by Crippen LogP contribution is -2.43. The smallest absolute Gasteiger partial charge is 0.266 e. The Hall–Kier alpha value is -2.41. The maximum atomic E-state index is 13.0. The Labute approximate surface area is 182 Å². The standard InChI is InChI=1S/C21H17Cl2N3O2S/c22-14-8-9-16(15(23)11-14)25-19(27)17-7-4-10-26(17)21(28)18-12-24-20(29-18)13-5-2-1-3-6-13/h1-3,5-6,8-9,11-12,17H,4,7,10H2,(H,25,27). The molecule has 1 aromatic heterocycles. The molecule has 0 aliphatic carbocycles. The van der Waals surface area contributed by atoms with Crippen LogP contribution in [-0.2, 0) is 4.79 Å². The summed E-state index contributed by atoms with van der Waals surface area (Å²) in [5, 5.41) is 4.44. The van der Waals surface area contributed by atoms with E-state index in [9.17, 15) is 9.59 Å². The highest BCUT2D eigenvalue weighted by Gasteiger charge is 2.35. The molecule has 1 saturated heterocycles. The number of rotatable bonds is 4. The highest BCUT2D eigenvalue weighted by atomic mass is 35.5. The third kappa shape index (κ3) is 4.29. The molecule has 8 heteroatoms. The Kier molecular flexibility index (Phi) is 5.85. The molecule has 0 spiro atoms. The van der Waals surface area contributed by atoms with Crippen molar-refractivity contribution in [2.75, 3.05) is 11.9 Å². The third-order valence-corrected chi connectivity index (χ3v) is 6.32. The summed E-state index contributed by atoms with van der Waals surface area (Å²) in [5.74, 6) is -0.433. The van der Waals surface area contributed by atoms with Gasteiger partial charge in [0.25, 0.3) is 5.91 Å². The molecular formula is C21H17Cl2N3O2S. The zero-order chi connectivity index (χ0) is 20.4. The number of aromatic nitrogens is 1. The highest BCUT2D eigenvalue weighted by Crippen LogP contribution is 2.30. The van der Waals surface area contributed by atoms with Crippen LogP contribution in [0.4, 0.5) is 5.69 Å². The first-order chi connectivity index (χ1) is 14.0. The van der Waals surface area contributed by atoms with Gasteiger partial charge in [-0.3, -0.25) is 9.59 Å². The van der Waals surface area contributed by atoms with Crippen molar-refractivity contribution in [3.8, 4) is 10.6 Å². The first kappa shape index (κ1) is 19.9. The molecule has 2 heterocycles. The van der Waals surface area contributed by atoms with Gasteiger partial charge in [-0.1, -0.05) is 53.5 Å². The Balaban J connectivity index is 1.50. The van der Waals surface area contributed by atoms with E-state index in [0.29, 0.717) is 33.6 Å². The molecule has 5 nitrogen and oxygen atoms in total. The molecule has 1 N–H and O–H groups in total. The van der Waals surface area contributed by atoms with E-state index >= 15 is 0 Å².